The fraction of sp³-hybridized carbons (Fsp3) is 0.400. The van der Waals surface area contributed by atoms with Crippen LogP contribution in [0.3, 0.4) is 0 Å². The Hall–Kier alpha value is -2.82. The monoisotopic (exact) mass is 456 g/mol. The maximum absolute atomic E-state index is 5.96. The summed E-state index contributed by atoms with van der Waals surface area (Å²) in [5, 5.41) is 0. The van der Waals surface area contributed by atoms with E-state index in [0.29, 0.717) is 18.6 Å². The van der Waals surface area contributed by atoms with E-state index >= 15 is 0 Å². The number of nitrogens with zero attached hydrogens (tertiary/aromatic N) is 1. The Balaban J connectivity index is 1.39. The molecule has 2 N–H and O–H groups in total. The van der Waals surface area contributed by atoms with Gasteiger partial charge >= 0.3 is 0 Å². The summed E-state index contributed by atoms with van der Waals surface area (Å²) in [6.45, 7) is 4.15. The van der Waals surface area contributed by atoms with Crippen LogP contribution in [-0.2, 0) is 6.54 Å². The molecule has 4 heteroatoms. The zero-order valence-electron chi connectivity index (χ0n) is 19.9. The molecule has 1 aliphatic heterocycles. The van der Waals surface area contributed by atoms with E-state index < -0.39 is 0 Å². The summed E-state index contributed by atoms with van der Waals surface area (Å²) in [5.41, 5.74) is 9.98. The molecular weight excluding hydrogens is 420 g/mol. The molecule has 4 nitrogen and oxygen atoms in total. The first-order valence-electron chi connectivity index (χ1n) is 12.7. The lowest BCUT2D eigenvalue weighted by Crippen LogP contribution is -2.35. The molecule has 0 amide bonds. The highest BCUT2D eigenvalue weighted by atomic mass is 16.7. The van der Waals surface area contributed by atoms with Crippen LogP contribution in [0.15, 0.2) is 78.9 Å². The van der Waals surface area contributed by atoms with E-state index in [2.05, 4.69) is 77.7 Å². The third-order valence-electron chi connectivity index (χ3n) is 7.50. The van der Waals surface area contributed by atoms with Crippen LogP contribution in [0.1, 0.15) is 48.3 Å². The summed E-state index contributed by atoms with van der Waals surface area (Å²) in [4.78, 5) is 2.66. The molecule has 0 radical (unpaired) electrons. The molecule has 34 heavy (non-hydrogen) atoms. The van der Waals surface area contributed by atoms with Gasteiger partial charge in [0.25, 0.3) is 0 Å². The SMILES string of the molecule is NCC1CCC(CN(Cc2ccc3c(c2)OCO3)CC(c2ccccc2)c2ccccc2)CC1. The highest BCUT2D eigenvalue weighted by Crippen LogP contribution is 2.35. The van der Waals surface area contributed by atoms with E-state index in [-0.39, 0.29) is 0 Å². The van der Waals surface area contributed by atoms with Gasteiger partial charge in [-0.3, -0.25) is 4.90 Å². The van der Waals surface area contributed by atoms with Crippen LogP contribution in [-0.4, -0.2) is 31.3 Å². The average molecular weight is 457 g/mol. The summed E-state index contributed by atoms with van der Waals surface area (Å²) < 4.78 is 11.2. The van der Waals surface area contributed by atoms with Gasteiger partial charge in [-0.15, -0.1) is 0 Å². The van der Waals surface area contributed by atoms with Gasteiger partial charge in [-0.2, -0.15) is 0 Å². The Morgan fingerprint density at radius 2 is 1.38 bits per heavy atom. The van der Waals surface area contributed by atoms with E-state index in [1.165, 1.54) is 42.4 Å². The van der Waals surface area contributed by atoms with Crippen LogP contribution in [0.5, 0.6) is 11.5 Å². The fourth-order valence-corrected chi connectivity index (χ4v) is 5.55. The number of ether oxygens (including phenoxy) is 2. The lowest BCUT2D eigenvalue weighted by atomic mass is 9.81. The maximum Gasteiger partial charge on any atom is 0.231 e. The van der Waals surface area contributed by atoms with Crippen LogP contribution in [0.2, 0.25) is 0 Å². The Kier molecular flexibility index (Phi) is 7.47. The molecular formula is C30H36N2O2. The molecule has 178 valence electrons. The molecule has 0 spiro atoms. The van der Waals surface area contributed by atoms with Crippen molar-refractivity contribution in [2.45, 2.75) is 38.1 Å². The topological polar surface area (TPSA) is 47.7 Å². The zero-order chi connectivity index (χ0) is 23.2. The summed E-state index contributed by atoms with van der Waals surface area (Å²) in [5.74, 6) is 3.48. The molecule has 0 atom stereocenters. The van der Waals surface area contributed by atoms with Crippen molar-refractivity contribution in [1.29, 1.82) is 0 Å². The van der Waals surface area contributed by atoms with Gasteiger partial charge in [-0.05, 0) is 72.9 Å². The predicted octanol–water partition coefficient (Wildman–Crippen LogP) is 5.81. The number of hydrogen-bond acceptors (Lipinski definition) is 4. The highest BCUT2D eigenvalue weighted by molar-refractivity contribution is 5.44. The first-order valence-corrected chi connectivity index (χ1v) is 12.7. The van der Waals surface area contributed by atoms with E-state index in [0.717, 1.165) is 43.6 Å². The Morgan fingerprint density at radius 3 is 2.03 bits per heavy atom. The number of rotatable bonds is 9. The molecule has 3 aromatic carbocycles. The smallest absolute Gasteiger partial charge is 0.231 e. The standard InChI is InChI=1S/C30H36N2O2/c31-18-23-11-13-24(14-12-23)19-32(20-25-15-16-29-30(17-25)34-22-33-29)21-28(26-7-3-1-4-8-26)27-9-5-2-6-10-27/h1-10,15-17,23-24,28H,11-14,18-22,31H2. The van der Waals surface area contributed by atoms with Crippen molar-refractivity contribution in [2.75, 3.05) is 26.4 Å². The lowest BCUT2D eigenvalue weighted by molar-refractivity contribution is 0.171. The average Bonchev–Trinajstić information content (AvgIpc) is 3.37. The Labute approximate surface area is 203 Å². The molecule has 0 saturated heterocycles. The van der Waals surface area contributed by atoms with Crippen molar-refractivity contribution in [2.24, 2.45) is 17.6 Å². The van der Waals surface area contributed by atoms with Gasteiger partial charge in [-0.25, -0.2) is 0 Å². The minimum Gasteiger partial charge on any atom is -0.454 e. The number of nitrogens with two attached hydrogens (primary N) is 1. The van der Waals surface area contributed by atoms with E-state index in [1.54, 1.807) is 0 Å². The van der Waals surface area contributed by atoms with E-state index in [1.807, 2.05) is 6.07 Å². The molecule has 5 rings (SSSR count). The van der Waals surface area contributed by atoms with Gasteiger partial charge < -0.3 is 15.2 Å². The lowest BCUT2D eigenvalue weighted by Gasteiger charge is -2.34. The molecule has 2 aliphatic rings. The molecule has 0 bridgehead atoms. The van der Waals surface area contributed by atoms with Gasteiger partial charge in [0.2, 0.25) is 6.79 Å². The quantitative estimate of drug-likeness (QED) is 0.441. The van der Waals surface area contributed by atoms with Gasteiger partial charge in [0, 0.05) is 25.6 Å². The van der Waals surface area contributed by atoms with Crippen molar-refractivity contribution in [3.05, 3.63) is 95.6 Å². The second-order valence-electron chi connectivity index (χ2n) is 9.88. The minimum absolute atomic E-state index is 0.316. The van der Waals surface area contributed by atoms with Crippen molar-refractivity contribution in [3.8, 4) is 11.5 Å². The fourth-order valence-electron chi connectivity index (χ4n) is 5.55. The second kappa shape index (κ2) is 11.1. The maximum atomic E-state index is 5.96. The third kappa shape index (κ3) is 5.63. The third-order valence-corrected chi connectivity index (χ3v) is 7.50. The van der Waals surface area contributed by atoms with Crippen LogP contribution in [0.25, 0.3) is 0 Å². The molecule has 3 aromatic rings. The van der Waals surface area contributed by atoms with Gasteiger partial charge in [0.05, 0.1) is 0 Å². The van der Waals surface area contributed by atoms with Crippen molar-refractivity contribution >= 4 is 0 Å². The summed E-state index contributed by atoms with van der Waals surface area (Å²) in [6.07, 6.45) is 5.08. The van der Waals surface area contributed by atoms with Gasteiger partial charge in [0.1, 0.15) is 0 Å². The van der Waals surface area contributed by atoms with Crippen LogP contribution in [0, 0.1) is 11.8 Å². The van der Waals surface area contributed by atoms with Gasteiger partial charge in [-0.1, -0.05) is 66.7 Å². The number of hydrogen-bond donors (Lipinski definition) is 1. The largest absolute Gasteiger partial charge is 0.454 e. The van der Waals surface area contributed by atoms with Crippen LogP contribution >= 0.6 is 0 Å². The van der Waals surface area contributed by atoms with E-state index in [4.69, 9.17) is 15.2 Å². The molecule has 1 fully saturated rings. The van der Waals surface area contributed by atoms with Crippen LogP contribution in [0.4, 0.5) is 0 Å². The zero-order valence-corrected chi connectivity index (χ0v) is 19.9. The second-order valence-corrected chi connectivity index (χ2v) is 9.88. The Bertz CT molecular complexity index is 993. The molecule has 0 aromatic heterocycles. The summed E-state index contributed by atoms with van der Waals surface area (Å²) in [6, 6.07) is 28.3. The summed E-state index contributed by atoms with van der Waals surface area (Å²) in [7, 11) is 0. The minimum atomic E-state index is 0.316. The number of benzene rings is 3. The van der Waals surface area contributed by atoms with E-state index in [9.17, 15) is 0 Å². The predicted molar refractivity (Wildman–Crippen MR) is 137 cm³/mol. The molecule has 0 unspecified atom stereocenters. The summed E-state index contributed by atoms with van der Waals surface area (Å²) >= 11 is 0. The van der Waals surface area contributed by atoms with Gasteiger partial charge in [0.15, 0.2) is 11.5 Å². The molecule has 1 aliphatic carbocycles. The first kappa shape index (κ1) is 22.9. The normalized spacial score (nSPS) is 19.6. The van der Waals surface area contributed by atoms with Crippen molar-refractivity contribution < 1.29 is 9.47 Å². The van der Waals surface area contributed by atoms with Crippen molar-refractivity contribution in [3.63, 3.8) is 0 Å². The molecule has 1 saturated carbocycles. The number of fused-ring (bicyclic) bond motifs is 1. The van der Waals surface area contributed by atoms with Crippen molar-refractivity contribution in [1.82, 2.24) is 4.90 Å². The first-order chi connectivity index (χ1) is 16.8. The van der Waals surface area contributed by atoms with Crippen LogP contribution < -0.4 is 15.2 Å². The Morgan fingerprint density at radius 1 is 0.765 bits per heavy atom. The highest BCUT2D eigenvalue weighted by Gasteiger charge is 2.25. The molecule has 1 heterocycles.